The van der Waals surface area contributed by atoms with Crippen molar-refractivity contribution in [2.75, 3.05) is 7.11 Å². The summed E-state index contributed by atoms with van der Waals surface area (Å²) >= 11 is 0. The van der Waals surface area contributed by atoms with Crippen molar-refractivity contribution in [1.82, 2.24) is 0 Å². The highest BCUT2D eigenvalue weighted by Gasteiger charge is 2.20. The second kappa shape index (κ2) is 4.61. The molecule has 74 valence electrons. The quantitative estimate of drug-likeness (QED) is 0.682. The smallest absolute Gasteiger partial charge is 0.144 e. The van der Waals surface area contributed by atoms with E-state index in [-0.39, 0.29) is 11.7 Å². The topological polar surface area (TPSA) is 26.3 Å². The van der Waals surface area contributed by atoms with Gasteiger partial charge in [0.25, 0.3) is 0 Å². The Hall–Kier alpha value is -1.57. The predicted octanol–water partition coefficient (Wildman–Crippen LogP) is 2.52. The normalized spacial score (nSPS) is 11.9. The Labute approximate surface area is 84.2 Å². The lowest BCUT2D eigenvalue weighted by Gasteiger charge is -2.15. The lowest BCUT2D eigenvalue weighted by Crippen LogP contribution is -2.12. The number of hydrogen-bond donors (Lipinski definition) is 0. The van der Waals surface area contributed by atoms with Crippen LogP contribution in [0.2, 0.25) is 0 Å². The number of carbonyl (C=O) groups excluding carboxylic acids is 1. The molecule has 0 spiro atoms. The summed E-state index contributed by atoms with van der Waals surface area (Å²) in [7, 11) is 1.53. The van der Waals surface area contributed by atoms with Crippen LogP contribution in [-0.4, -0.2) is 12.9 Å². The number of allylic oxidation sites excluding steroid dienone is 1. The highest BCUT2D eigenvalue weighted by molar-refractivity contribution is 5.86. The van der Waals surface area contributed by atoms with Crippen LogP contribution in [0.25, 0.3) is 0 Å². The van der Waals surface area contributed by atoms with Gasteiger partial charge in [-0.1, -0.05) is 36.9 Å². The van der Waals surface area contributed by atoms with Crippen molar-refractivity contribution in [3.8, 4) is 0 Å². The van der Waals surface area contributed by atoms with E-state index in [1.54, 1.807) is 6.92 Å². The number of Topliss-reactive ketones (excluding diaryl/α,β-unsaturated/α-hetero) is 1. The average molecular weight is 190 g/mol. The van der Waals surface area contributed by atoms with Crippen molar-refractivity contribution in [3.05, 3.63) is 48.2 Å². The molecule has 2 nitrogen and oxygen atoms in total. The van der Waals surface area contributed by atoms with E-state index in [0.717, 1.165) is 5.56 Å². The van der Waals surface area contributed by atoms with Gasteiger partial charge in [0.15, 0.2) is 0 Å². The minimum Gasteiger partial charge on any atom is -0.501 e. The number of carbonyl (C=O) groups is 1. The fraction of sp³-hybridized carbons (Fsp3) is 0.250. The first-order valence-corrected chi connectivity index (χ1v) is 4.45. The molecule has 0 amide bonds. The molecule has 1 rings (SSSR count). The molecule has 1 unspecified atom stereocenters. The van der Waals surface area contributed by atoms with E-state index in [4.69, 9.17) is 4.74 Å². The van der Waals surface area contributed by atoms with E-state index in [0.29, 0.717) is 5.76 Å². The fourth-order valence-corrected chi connectivity index (χ4v) is 1.41. The molecule has 1 aromatic carbocycles. The second-order valence-electron chi connectivity index (χ2n) is 3.12. The van der Waals surface area contributed by atoms with Crippen LogP contribution >= 0.6 is 0 Å². The molecule has 0 N–H and O–H groups in total. The molecule has 0 aliphatic rings. The minimum absolute atomic E-state index is 0.0445. The maximum absolute atomic E-state index is 11.4. The Morgan fingerprint density at radius 3 is 2.36 bits per heavy atom. The van der Waals surface area contributed by atoms with Crippen LogP contribution in [0.4, 0.5) is 0 Å². The van der Waals surface area contributed by atoms with Crippen molar-refractivity contribution >= 4 is 5.78 Å². The van der Waals surface area contributed by atoms with Gasteiger partial charge >= 0.3 is 0 Å². The van der Waals surface area contributed by atoms with Gasteiger partial charge in [0, 0.05) is 0 Å². The zero-order valence-corrected chi connectivity index (χ0v) is 8.49. The van der Waals surface area contributed by atoms with Gasteiger partial charge in [0.1, 0.15) is 11.5 Å². The lowest BCUT2D eigenvalue weighted by atomic mass is 9.94. The molecule has 1 aromatic rings. The molecule has 14 heavy (non-hydrogen) atoms. The fourth-order valence-electron chi connectivity index (χ4n) is 1.41. The Bertz CT molecular complexity index is 327. The first-order valence-electron chi connectivity index (χ1n) is 4.45. The van der Waals surface area contributed by atoms with Crippen LogP contribution in [0.1, 0.15) is 18.4 Å². The summed E-state index contributed by atoms with van der Waals surface area (Å²) in [6.07, 6.45) is 0. The van der Waals surface area contributed by atoms with Gasteiger partial charge in [0.05, 0.1) is 13.0 Å². The van der Waals surface area contributed by atoms with Crippen molar-refractivity contribution < 1.29 is 9.53 Å². The van der Waals surface area contributed by atoms with Crippen molar-refractivity contribution in [2.24, 2.45) is 0 Å². The third kappa shape index (κ3) is 2.22. The Morgan fingerprint density at radius 2 is 1.93 bits per heavy atom. The van der Waals surface area contributed by atoms with Gasteiger partial charge in [-0.05, 0) is 12.5 Å². The zero-order valence-electron chi connectivity index (χ0n) is 8.49. The molecule has 0 saturated heterocycles. The van der Waals surface area contributed by atoms with Gasteiger partial charge in [-0.25, -0.2) is 0 Å². The summed E-state index contributed by atoms with van der Waals surface area (Å²) in [5.74, 6) is 0.188. The van der Waals surface area contributed by atoms with Crippen molar-refractivity contribution in [2.45, 2.75) is 12.8 Å². The maximum Gasteiger partial charge on any atom is 0.144 e. The van der Waals surface area contributed by atoms with Gasteiger partial charge in [0.2, 0.25) is 0 Å². The second-order valence-corrected chi connectivity index (χ2v) is 3.12. The van der Waals surface area contributed by atoms with E-state index in [2.05, 4.69) is 6.58 Å². The highest BCUT2D eigenvalue weighted by atomic mass is 16.5. The Morgan fingerprint density at radius 1 is 1.36 bits per heavy atom. The van der Waals surface area contributed by atoms with Crippen LogP contribution in [0.15, 0.2) is 42.7 Å². The number of ketones is 1. The number of hydrogen-bond acceptors (Lipinski definition) is 2. The summed E-state index contributed by atoms with van der Waals surface area (Å²) in [5.41, 5.74) is 0.923. The number of rotatable bonds is 4. The van der Waals surface area contributed by atoms with E-state index < -0.39 is 0 Å². The molecule has 0 heterocycles. The van der Waals surface area contributed by atoms with E-state index in [1.165, 1.54) is 7.11 Å². The number of ether oxygens (including phenoxy) is 1. The predicted molar refractivity (Wildman–Crippen MR) is 56.0 cm³/mol. The number of methoxy groups -OCH3 is 1. The van der Waals surface area contributed by atoms with Gasteiger partial charge in [-0.15, -0.1) is 0 Å². The van der Waals surface area contributed by atoms with Gasteiger partial charge in [-0.2, -0.15) is 0 Å². The lowest BCUT2D eigenvalue weighted by molar-refractivity contribution is -0.118. The minimum atomic E-state index is -0.346. The van der Waals surface area contributed by atoms with Crippen LogP contribution in [0.5, 0.6) is 0 Å². The molecule has 0 aliphatic carbocycles. The molecule has 0 bridgehead atoms. The van der Waals surface area contributed by atoms with E-state index >= 15 is 0 Å². The van der Waals surface area contributed by atoms with Crippen LogP contribution in [0.3, 0.4) is 0 Å². The molecular weight excluding hydrogens is 176 g/mol. The van der Waals surface area contributed by atoms with Crippen LogP contribution in [-0.2, 0) is 9.53 Å². The number of benzene rings is 1. The SMILES string of the molecule is C=C(OC)C(C(C)=O)c1ccccc1. The molecule has 0 aliphatic heterocycles. The zero-order chi connectivity index (χ0) is 10.6. The molecular formula is C12H14O2. The standard InChI is InChI=1S/C12H14O2/c1-9(13)12(10(2)14-3)11-7-5-4-6-8-11/h4-8,12H,2H2,1,3H3. The molecule has 0 saturated carbocycles. The molecule has 0 fully saturated rings. The Balaban J connectivity index is 3.01. The van der Waals surface area contributed by atoms with E-state index in [1.807, 2.05) is 30.3 Å². The third-order valence-corrected chi connectivity index (χ3v) is 2.12. The van der Waals surface area contributed by atoms with Gasteiger partial charge < -0.3 is 4.74 Å². The molecule has 0 aromatic heterocycles. The maximum atomic E-state index is 11.4. The van der Waals surface area contributed by atoms with Crippen molar-refractivity contribution in [3.63, 3.8) is 0 Å². The van der Waals surface area contributed by atoms with Gasteiger partial charge in [-0.3, -0.25) is 4.79 Å². The van der Waals surface area contributed by atoms with Crippen molar-refractivity contribution in [1.29, 1.82) is 0 Å². The van der Waals surface area contributed by atoms with E-state index in [9.17, 15) is 4.79 Å². The monoisotopic (exact) mass is 190 g/mol. The highest BCUT2D eigenvalue weighted by Crippen LogP contribution is 2.24. The Kier molecular flexibility index (Phi) is 3.46. The molecule has 0 radical (unpaired) electrons. The summed E-state index contributed by atoms with van der Waals surface area (Å²) in [6, 6.07) is 9.51. The molecule has 2 heteroatoms. The van der Waals surface area contributed by atoms with Crippen LogP contribution < -0.4 is 0 Å². The average Bonchev–Trinajstić information content (AvgIpc) is 2.19. The first-order chi connectivity index (χ1) is 6.66. The first kappa shape index (κ1) is 10.5. The van der Waals surface area contributed by atoms with Crippen LogP contribution in [0, 0.1) is 0 Å². The third-order valence-electron chi connectivity index (χ3n) is 2.12. The summed E-state index contributed by atoms with van der Waals surface area (Å²) in [6.45, 7) is 5.27. The largest absolute Gasteiger partial charge is 0.501 e. The summed E-state index contributed by atoms with van der Waals surface area (Å²) < 4.78 is 5.01. The summed E-state index contributed by atoms with van der Waals surface area (Å²) in [5, 5.41) is 0. The summed E-state index contributed by atoms with van der Waals surface area (Å²) in [4.78, 5) is 11.4. The molecule has 1 atom stereocenters.